The summed E-state index contributed by atoms with van der Waals surface area (Å²) in [6.45, 7) is 8.82. The predicted molar refractivity (Wildman–Crippen MR) is 75.8 cm³/mol. The Hall–Kier alpha value is -1.57. The summed E-state index contributed by atoms with van der Waals surface area (Å²) in [5.74, 6) is 0.121. The van der Waals surface area contributed by atoms with E-state index in [0.29, 0.717) is 0 Å². The highest BCUT2D eigenvalue weighted by Crippen LogP contribution is 2.48. The third-order valence-electron chi connectivity index (χ3n) is 4.54. The van der Waals surface area contributed by atoms with Crippen LogP contribution in [0.25, 0.3) is 0 Å². The number of hydrogen-bond donors (Lipinski definition) is 1. The molecule has 0 aromatic heterocycles. The summed E-state index contributed by atoms with van der Waals surface area (Å²) in [5, 5.41) is 12.1. The molecule has 0 aliphatic heterocycles. The van der Waals surface area contributed by atoms with Crippen LogP contribution in [0, 0.1) is 11.3 Å². The molecule has 2 atom stereocenters. The van der Waals surface area contributed by atoms with Crippen LogP contribution in [0.3, 0.4) is 0 Å². The van der Waals surface area contributed by atoms with Crippen molar-refractivity contribution in [2.45, 2.75) is 34.1 Å². The van der Waals surface area contributed by atoms with Gasteiger partial charge in [0.2, 0.25) is 0 Å². The first kappa shape index (κ1) is 12.9. The van der Waals surface area contributed by atoms with Crippen molar-refractivity contribution in [2.75, 3.05) is 0 Å². The zero-order chi connectivity index (χ0) is 13.3. The van der Waals surface area contributed by atoms with E-state index in [0.717, 1.165) is 6.42 Å². The summed E-state index contributed by atoms with van der Waals surface area (Å²) in [7, 11) is 0. The second-order valence-electron chi connectivity index (χ2n) is 5.50. The Bertz CT molecular complexity index is 505. The van der Waals surface area contributed by atoms with Crippen molar-refractivity contribution in [2.24, 2.45) is 16.5 Å². The van der Waals surface area contributed by atoms with Gasteiger partial charge >= 0.3 is 0 Å². The van der Waals surface area contributed by atoms with Gasteiger partial charge in [0.15, 0.2) is 0 Å². The van der Waals surface area contributed by atoms with E-state index in [1.807, 2.05) is 6.08 Å². The SMILES string of the molecule is CC1=C(C)C(C)=C(C2(C)C=CC=CC2/C=N/O)C1. The summed E-state index contributed by atoms with van der Waals surface area (Å²) in [5.41, 5.74) is 5.62. The number of rotatable bonds is 2. The van der Waals surface area contributed by atoms with Crippen molar-refractivity contribution in [3.05, 3.63) is 46.6 Å². The number of hydrogen-bond acceptors (Lipinski definition) is 2. The van der Waals surface area contributed by atoms with Crippen LogP contribution < -0.4 is 0 Å². The monoisotopic (exact) mass is 243 g/mol. The van der Waals surface area contributed by atoms with Crippen LogP contribution in [0.1, 0.15) is 34.1 Å². The average molecular weight is 243 g/mol. The third-order valence-corrected chi connectivity index (χ3v) is 4.54. The molecule has 2 rings (SSSR count). The van der Waals surface area contributed by atoms with Crippen LogP contribution in [0.4, 0.5) is 0 Å². The average Bonchev–Trinajstić information content (AvgIpc) is 2.61. The Morgan fingerprint density at radius 3 is 2.56 bits per heavy atom. The largest absolute Gasteiger partial charge is 0.411 e. The van der Waals surface area contributed by atoms with Gasteiger partial charge < -0.3 is 5.21 Å². The molecule has 0 aromatic carbocycles. The smallest absolute Gasteiger partial charge is 0.0516 e. The molecule has 0 heterocycles. The Kier molecular flexibility index (Phi) is 3.29. The van der Waals surface area contributed by atoms with Gasteiger partial charge in [-0.05, 0) is 38.3 Å². The zero-order valence-electron chi connectivity index (χ0n) is 11.6. The minimum atomic E-state index is -0.0793. The Morgan fingerprint density at radius 2 is 2.00 bits per heavy atom. The van der Waals surface area contributed by atoms with Crippen molar-refractivity contribution in [3.8, 4) is 0 Å². The molecule has 1 N–H and O–H groups in total. The van der Waals surface area contributed by atoms with Crippen LogP contribution in [-0.2, 0) is 0 Å². The quantitative estimate of drug-likeness (QED) is 0.439. The van der Waals surface area contributed by atoms with Crippen molar-refractivity contribution < 1.29 is 5.21 Å². The van der Waals surface area contributed by atoms with E-state index < -0.39 is 0 Å². The molecule has 0 fully saturated rings. The van der Waals surface area contributed by atoms with Crippen LogP contribution in [-0.4, -0.2) is 11.4 Å². The second kappa shape index (κ2) is 4.60. The van der Waals surface area contributed by atoms with Gasteiger partial charge in [-0.2, -0.15) is 0 Å². The minimum Gasteiger partial charge on any atom is -0.411 e. The molecule has 0 bridgehead atoms. The summed E-state index contributed by atoms with van der Waals surface area (Å²) in [4.78, 5) is 0. The fourth-order valence-corrected chi connectivity index (χ4v) is 3.00. The van der Waals surface area contributed by atoms with E-state index in [4.69, 9.17) is 5.21 Å². The Morgan fingerprint density at radius 1 is 1.28 bits per heavy atom. The van der Waals surface area contributed by atoms with E-state index in [-0.39, 0.29) is 11.3 Å². The van der Waals surface area contributed by atoms with Gasteiger partial charge in [-0.3, -0.25) is 0 Å². The summed E-state index contributed by atoms with van der Waals surface area (Å²) < 4.78 is 0. The van der Waals surface area contributed by atoms with Gasteiger partial charge in [0.25, 0.3) is 0 Å². The van der Waals surface area contributed by atoms with E-state index in [2.05, 4.69) is 51.1 Å². The van der Waals surface area contributed by atoms with E-state index in [9.17, 15) is 0 Å². The number of oxime groups is 1. The highest BCUT2D eigenvalue weighted by atomic mass is 16.4. The maximum atomic E-state index is 8.85. The van der Waals surface area contributed by atoms with Gasteiger partial charge in [-0.1, -0.05) is 42.4 Å². The summed E-state index contributed by atoms with van der Waals surface area (Å²) in [6, 6.07) is 0. The van der Waals surface area contributed by atoms with Gasteiger partial charge in [-0.15, -0.1) is 5.16 Å². The van der Waals surface area contributed by atoms with Crippen LogP contribution >= 0.6 is 0 Å². The molecule has 96 valence electrons. The normalized spacial score (nSPS) is 32.1. The highest BCUT2D eigenvalue weighted by Gasteiger charge is 2.37. The molecule has 0 spiro atoms. The molecule has 0 radical (unpaired) electrons. The maximum Gasteiger partial charge on any atom is 0.0516 e. The lowest BCUT2D eigenvalue weighted by molar-refractivity contribution is 0.314. The molecule has 2 aliphatic rings. The molecule has 2 nitrogen and oxygen atoms in total. The highest BCUT2D eigenvalue weighted by molar-refractivity contribution is 5.68. The molecule has 2 heteroatoms. The zero-order valence-corrected chi connectivity index (χ0v) is 11.6. The summed E-state index contributed by atoms with van der Waals surface area (Å²) in [6.07, 6.45) is 11.1. The van der Waals surface area contributed by atoms with Gasteiger partial charge in [0.05, 0.1) is 6.21 Å². The molecule has 0 saturated carbocycles. The maximum absolute atomic E-state index is 8.85. The van der Waals surface area contributed by atoms with Gasteiger partial charge in [0, 0.05) is 11.3 Å². The predicted octanol–water partition coefficient (Wildman–Crippen LogP) is 4.25. The fraction of sp³-hybridized carbons (Fsp3) is 0.438. The van der Waals surface area contributed by atoms with E-state index >= 15 is 0 Å². The van der Waals surface area contributed by atoms with Crippen molar-refractivity contribution in [1.82, 2.24) is 0 Å². The molecule has 0 saturated heterocycles. The van der Waals surface area contributed by atoms with Gasteiger partial charge in [-0.25, -0.2) is 0 Å². The molecule has 18 heavy (non-hydrogen) atoms. The summed E-state index contributed by atoms with van der Waals surface area (Å²) >= 11 is 0. The number of allylic oxidation sites excluding steroid dienone is 8. The van der Waals surface area contributed by atoms with Crippen molar-refractivity contribution >= 4 is 6.21 Å². The van der Waals surface area contributed by atoms with Crippen molar-refractivity contribution in [1.29, 1.82) is 0 Å². The molecule has 2 aliphatic carbocycles. The number of nitrogens with zero attached hydrogens (tertiary/aromatic N) is 1. The first-order valence-electron chi connectivity index (χ1n) is 6.41. The molecule has 0 amide bonds. The van der Waals surface area contributed by atoms with Crippen LogP contribution in [0.2, 0.25) is 0 Å². The Balaban J connectivity index is 2.44. The first-order chi connectivity index (χ1) is 8.50. The van der Waals surface area contributed by atoms with E-state index in [1.165, 1.54) is 22.3 Å². The third kappa shape index (κ3) is 1.86. The van der Waals surface area contributed by atoms with Gasteiger partial charge in [0.1, 0.15) is 0 Å². The van der Waals surface area contributed by atoms with Crippen molar-refractivity contribution in [3.63, 3.8) is 0 Å². The Labute approximate surface area is 109 Å². The molecule has 2 unspecified atom stereocenters. The minimum absolute atomic E-state index is 0.0793. The van der Waals surface area contributed by atoms with E-state index in [1.54, 1.807) is 6.21 Å². The lowest BCUT2D eigenvalue weighted by atomic mass is 9.68. The lowest BCUT2D eigenvalue weighted by Gasteiger charge is -2.35. The van der Waals surface area contributed by atoms with Crippen LogP contribution in [0.15, 0.2) is 51.8 Å². The second-order valence-corrected chi connectivity index (χ2v) is 5.50. The lowest BCUT2D eigenvalue weighted by Crippen LogP contribution is -2.29. The van der Waals surface area contributed by atoms with Crippen LogP contribution in [0.5, 0.6) is 0 Å². The topological polar surface area (TPSA) is 32.6 Å². The molecular formula is C16H21NO. The standard InChI is InChI=1S/C16H21NO/c1-11-9-15(13(3)12(11)2)16(4)8-6-5-7-14(16)10-17-18/h5-8,10,14,18H,9H2,1-4H3/b17-10+. The molecular weight excluding hydrogens is 222 g/mol. The fourth-order valence-electron chi connectivity index (χ4n) is 3.00. The molecule has 0 aromatic rings. The first-order valence-corrected chi connectivity index (χ1v) is 6.41.